The third-order valence-corrected chi connectivity index (χ3v) is 1.79. The molecule has 1 heterocycles. The molecule has 1 fully saturated rings. The molecule has 0 aromatic carbocycles. The Labute approximate surface area is 72.5 Å². The van der Waals surface area contributed by atoms with Gasteiger partial charge in [0.2, 0.25) is 0 Å². The Kier molecular flexibility index (Phi) is 2.83. The summed E-state index contributed by atoms with van der Waals surface area (Å²) >= 11 is 0. The quantitative estimate of drug-likeness (QED) is 0.677. The van der Waals surface area contributed by atoms with Crippen LogP contribution in [0.1, 0.15) is 18.7 Å². The summed E-state index contributed by atoms with van der Waals surface area (Å²) in [5.41, 5.74) is 0. The van der Waals surface area contributed by atoms with Crippen LogP contribution in [0.3, 0.4) is 0 Å². The summed E-state index contributed by atoms with van der Waals surface area (Å²) in [6.07, 6.45) is 7.45. The fraction of sp³-hybridized carbons (Fsp3) is 0.500. The van der Waals surface area contributed by atoms with Gasteiger partial charge in [-0.05, 0) is 24.8 Å². The van der Waals surface area contributed by atoms with Gasteiger partial charge < -0.3 is 0 Å². The fourth-order valence-electron chi connectivity index (χ4n) is 1.02. The molecule has 0 aliphatic heterocycles. The molecule has 0 atom stereocenters. The lowest BCUT2D eigenvalue weighted by molar-refractivity contribution is 0.769. The van der Waals surface area contributed by atoms with Crippen molar-refractivity contribution in [2.45, 2.75) is 19.3 Å². The van der Waals surface area contributed by atoms with Crippen molar-refractivity contribution < 1.29 is 0 Å². The molecule has 1 aliphatic carbocycles. The van der Waals surface area contributed by atoms with E-state index in [1.807, 2.05) is 18.5 Å². The van der Waals surface area contributed by atoms with Gasteiger partial charge in [-0.25, -0.2) is 9.97 Å². The number of hydrogen-bond acceptors (Lipinski definition) is 2. The zero-order chi connectivity index (χ0) is 6.81. The van der Waals surface area contributed by atoms with Crippen molar-refractivity contribution in [1.29, 1.82) is 0 Å². The molecule has 2 nitrogen and oxygen atoms in total. The second kappa shape index (κ2) is 3.67. The normalized spacial score (nSPS) is 15.6. The van der Waals surface area contributed by atoms with E-state index in [0.717, 1.165) is 18.2 Å². The average Bonchev–Trinajstić information content (AvgIpc) is 2.74. The van der Waals surface area contributed by atoms with Crippen LogP contribution in [-0.2, 0) is 6.42 Å². The Morgan fingerprint density at radius 2 is 1.91 bits per heavy atom. The van der Waals surface area contributed by atoms with Gasteiger partial charge in [-0.15, -0.1) is 12.4 Å². The largest absolute Gasteiger partial charge is 0.241 e. The second-order valence-corrected chi connectivity index (χ2v) is 2.81. The van der Waals surface area contributed by atoms with Gasteiger partial charge in [0.15, 0.2) is 0 Å². The van der Waals surface area contributed by atoms with Crippen molar-refractivity contribution in [3.63, 3.8) is 0 Å². The van der Waals surface area contributed by atoms with E-state index in [0.29, 0.717) is 0 Å². The molecule has 1 aromatic rings. The molecule has 2 rings (SSSR count). The molecule has 0 unspecified atom stereocenters. The summed E-state index contributed by atoms with van der Waals surface area (Å²) in [5.74, 6) is 1.90. The van der Waals surface area contributed by atoms with E-state index in [1.54, 1.807) is 0 Å². The molecule has 0 N–H and O–H groups in total. The number of rotatable bonds is 2. The summed E-state index contributed by atoms with van der Waals surface area (Å²) in [6.45, 7) is 0. The standard InChI is InChI=1S/C8H10N2.ClH/c1-4-9-8(10-5-1)6-7-2-3-7;/h1,4-5,7H,2-3,6H2;1H. The predicted octanol–water partition coefficient (Wildman–Crippen LogP) is 1.85. The molecule has 0 bridgehead atoms. The molecular weight excluding hydrogens is 160 g/mol. The topological polar surface area (TPSA) is 25.8 Å². The number of aromatic nitrogens is 2. The number of halogens is 1. The number of hydrogen-bond donors (Lipinski definition) is 0. The minimum Gasteiger partial charge on any atom is -0.241 e. The predicted molar refractivity (Wildman–Crippen MR) is 45.7 cm³/mol. The highest BCUT2D eigenvalue weighted by Crippen LogP contribution is 2.31. The zero-order valence-corrected chi connectivity index (χ0v) is 7.05. The summed E-state index contributed by atoms with van der Waals surface area (Å²) in [7, 11) is 0. The fourth-order valence-corrected chi connectivity index (χ4v) is 1.02. The first-order chi connectivity index (χ1) is 4.95. The van der Waals surface area contributed by atoms with Crippen molar-refractivity contribution in [3.8, 4) is 0 Å². The zero-order valence-electron chi connectivity index (χ0n) is 6.23. The smallest absolute Gasteiger partial charge is 0.128 e. The van der Waals surface area contributed by atoms with Crippen LogP contribution in [0.15, 0.2) is 18.5 Å². The lowest BCUT2D eigenvalue weighted by Crippen LogP contribution is -1.93. The van der Waals surface area contributed by atoms with E-state index in [1.165, 1.54) is 12.8 Å². The highest BCUT2D eigenvalue weighted by Gasteiger charge is 2.22. The first-order valence-electron chi connectivity index (χ1n) is 3.71. The average molecular weight is 171 g/mol. The van der Waals surface area contributed by atoms with Crippen LogP contribution in [0, 0.1) is 5.92 Å². The van der Waals surface area contributed by atoms with Crippen molar-refractivity contribution in [2.24, 2.45) is 5.92 Å². The van der Waals surface area contributed by atoms with E-state index in [2.05, 4.69) is 9.97 Å². The van der Waals surface area contributed by atoms with E-state index in [4.69, 9.17) is 0 Å². The van der Waals surface area contributed by atoms with Gasteiger partial charge in [0.1, 0.15) is 5.82 Å². The molecular formula is C8H11ClN2. The van der Waals surface area contributed by atoms with Gasteiger partial charge in [-0.3, -0.25) is 0 Å². The Balaban J connectivity index is 0.000000605. The molecule has 60 valence electrons. The van der Waals surface area contributed by atoms with Gasteiger partial charge in [-0.1, -0.05) is 0 Å². The summed E-state index contributed by atoms with van der Waals surface area (Å²) in [4.78, 5) is 8.30. The number of nitrogens with zero attached hydrogens (tertiary/aromatic N) is 2. The van der Waals surface area contributed by atoms with Crippen LogP contribution in [0.5, 0.6) is 0 Å². The Hall–Kier alpha value is -0.630. The maximum absolute atomic E-state index is 4.15. The monoisotopic (exact) mass is 170 g/mol. The van der Waals surface area contributed by atoms with Gasteiger partial charge in [-0.2, -0.15) is 0 Å². The highest BCUT2D eigenvalue weighted by molar-refractivity contribution is 5.85. The molecule has 0 saturated heterocycles. The molecule has 1 saturated carbocycles. The lowest BCUT2D eigenvalue weighted by atomic mass is 10.3. The van der Waals surface area contributed by atoms with Crippen molar-refractivity contribution in [2.75, 3.05) is 0 Å². The van der Waals surface area contributed by atoms with Gasteiger partial charge in [0.25, 0.3) is 0 Å². The summed E-state index contributed by atoms with van der Waals surface area (Å²) in [6, 6.07) is 1.86. The molecule has 3 heteroatoms. The molecule has 11 heavy (non-hydrogen) atoms. The molecule has 0 amide bonds. The highest BCUT2D eigenvalue weighted by atomic mass is 35.5. The van der Waals surface area contributed by atoms with Crippen LogP contribution in [-0.4, -0.2) is 9.97 Å². The first-order valence-corrected chi connectivity index (χ1v) is 3.71. The van der Waals surface area contributed by atoms with Crippen LogP contribution in [0.4, 0.5) is 0 Å². The maximum Gasteiger partial charge on any atom is 0.128 e. The SMILES string of the molecule is Cl.c1cnc(CC2CC2)nc1. The second-order valence-electron chi connectivity index (χ2n) is 2.81. The van der Waals surface area contributed by atoms with Crippen molar-refractivity contribution in [1.82, 2.24) is 9.97 Å². The van der Waals surface area contributed by atoms with Gasteiger partial charge >= 0.3 is 0 Å². The van der Waals surface area contributed by atoms with E-state index >= 15 is 0 Å². The molecule has 1 aliphatic rings. The minimum absolute atomic E-state index is 0. The van der Waals surface area contributed by atoms with Crippen LogP contribution < -0.4 is 0 Å². The summed E-state index contributed by atoms with van der Waals surface area (Å²) < 4.78 is 0. The van der Waals surface area contributed by atoms with Crippen LogP contribution in [0.2, 0.25) is 0 Å². The third-order valence-electron chi connectivity index (χ3n) is 1.79. The maximum atomic E-state index is 4.15. The molecule has 0 radical (unpaired) electrons. The lowest BCUT2D eigenvalue weighted by Gasteiger charge is -1.93. The Bertz CT molecular complexity index is 209. The Morgan fingerprint density at radius 1 is 1.27 bits per heavy atom. The van der Waals surface area contributed by atoms with Gasteiger partial charge in [0, 0.05) is 18.8 Å². The van der Waals surface area contributed by atoms with Gasteiger partial charge in [0.05, 0.1) is 0 Å². The van der Waals surface area contributed by atoms with Crippen molar-refractivity contribution in [3.05, 3.63) is 24.3 Å². The third kappa shape index (κ3) is 2.46. The van der Waals surface area contributed by atoms with Crippen LogP contribution in [0.25, 0.3) is 0 Å². The van der Waals surface area contributed by atoms with E-state index in [9.17, 15) is 0 Å². The Morgan fingerprint density at radius 3 is 2.45 bits per heavy atom. The van der Waals surface area contributed by atoms with E-state index < -0.39 is 0 Å². The summed E-state index contributed by atoms with van der Waals surface area (Å²) in [5, 5.41) is 0. The molecule has 1 aromatic heterocycles. The first kappa shape index (κ1) is 8.47. The van der Waals surface area contributed by atoms with Crippen molar-refractivity contribution >= 4 is 12.4 Å². The van der Waals surface area contributed by atoms with Crippen LogP contribution >= 0.6 is 12.4 Å². The minimum atomic E-state index is 0. The molecule has 0 spiro atoms. The van der Waals surface area contributed by atoms with E-state index in [-0.39, 0.29) is 12.4 Å².